The number of hydrogen-bond donors (Lipinski definition) is 2. The lowest BCUT2D eigenvalue weighted by molar-refractivity contribution is -0.120. The van der Waals surface area contributed by atoms with Crippen molar-refractivity contribution in [2.24, 2.45) is 0 Å². The number of hydrogen-bond acceptors (Lipinski definition) is 3. The molecule has 0 aromatic heterocycles. The summed E-state index contributed by atoms with van der Waals surface area (Å²) >= 11 is 0. The lowest BCUT2D eigenvalue weighted by atomic mass is 9.97. The number of carbonyl (C=O) groups excluding carboxylic acids is 1. The van der Waals surface area contributed by atoms with Crippen LogP contribution in [0.4, 0.5) is 18.9 Å². The van der Waals surface area contributed by atoms with Gasteiger partial charge in [-0.3, -0.25) is 4.79 Å². The lowest BCUT2D eigenvalue weighted by Crippen LogP contribution is -2.30. The molecule has 8 heteroatoms. The van der Waals surface area contributed by atoms with Crippen molar-refractivity contribution in [3.8, 4) is 0 Å². The van der Waals surface area contributed by atoms with Gasteiger partial charge in [0.1, 0.15) is 0 Å². The topological polar surface area (TPSA) is 66.4 Å². The van der Waals surface area contributed by atoms with Gasteiger partial charge in [-0.15, -0.1) is 0 Å². The maximum atomic E-state index is 12.3. The van der Waals surface area contributed by atoms with Gasteiger partial charge in [0.05, 0.1) is 12.0 Å². The van der Waals surface area contributed by atoms with Crippen LogP contribution < -0.4 is 5.32 Å². The summed E-state index contributed by atoms with van der Waals surface area (Å²) in [5.74, 6) is -0.394. The maximum absolute atomic E-state index is 12.3. The summed E-state index contributed by atoms with van der Waals surface area (Å²) in [7, 11) is -3.08. The quantitative estimate of drug-likeness (QED) is 0.889. The molecule has 0 heterocycles. The minimum Gasteiger partial charge on any atom is -0.389 e. The molecule has 0 radical (unpaired) electrons. The van der Waals surface area contributed by atoms with Gasteiger partial charge in [-0.05, 0) is 37.1 Å². The zero-order valence-electron chi connectivity index (χ0n) is 11.7. The zero-order valence-corrected chi connectivity index (χ0v) is 12.5. The number of benzene rings is 1. The Bertz CT molecular complexity index is 566. The Morgan fingerprint density at radius 2 is 1.77 bits per heavy atom. The molecule has 22 heavy (non-hydrogen) atoms. The fourth-order valence-corrected chi connectivity index (χ4v) is 3.16. The Morgan fingerprint density at radius 3 is 2.27 bits per heavy atom. The van der Waals surface area contributed by atoms with Crippen molar-refractivity contribution >= 4 is 22.4 Å². The maximum Gasteiger partial charge on any atom is 0.475 e. The van der Waals surface area contributed by atoms with Crippen LogP contribution in [0.2, 0.25) is 0 Å². The second kappa shape index (κ2) is 6.37. The van der Waals surface area contributed by atoms with Crippen LogP contribution in [-0.2, 0) is 15.6 Å². The summed E-state index contributed by atoms with van der Waals surface area (Å²) in [5.41, 5.74) is -5.49. The standard InChI is InChI=1S/C14H16F3NO3S/c15-14(16,17)22(21)11-5-3-10(4-6-11)18-12(19)9-13(20)7-1-2-8-13/h3-6,20H,1-2,7-9H2,(H,18,19). The van der Waals surface area contributed by atoms with Crippen LogP contribution in [0, 0.1) is 0 Å². The highest BCUT2D eigenvalue weighted by molar-refractivity contribution is 7.86. The largest absolute Gasteiger partial charge is 0.475 e. The van der Waals surface area contributed by atoms with E-state index in [2.05, 4.69) is 5.32 Å². The van der Waals surface area contributed by atoms with Crippen molar-refractivity contribution in [2.45, 2.75) is 48.1 Å². The molecule has 122 valence electrons. The lowest BCUT2D eigenvalue weighted by Gasteiger charge is -2.21. The van der Waals surface area contributed by atoms with E-state index in [0.29, 0.717) is 18.5 Å². The van der Waals surface area contributed by atoms with E-state index in [1.165, 1.54) is 12.1 Å². The number of anilines is 1. The van der Waals surface area contributed by atoms with Crippen molar-refractivity contribution in [3.63, 3.8) is 0 Å². The molecular weight excluding hydrogens is 319 g/mol. The fourth-order valence-electron chi connectivity index (χ4n) is 2.51. The molecule has 1 amide bonds. The average molecular weight is 335 g/mol. The molecule has 0 bridgehead atoms. The van der Waals surface area contributed by atoms with Crippen LogP contribution in [0.3, 0.4) is 0 Å². The Hall–Kier alpha value is -1.41. The first-order chi connectivity index (χ1) is 10.2. The number of halogens is 3. The van der Waals surface area contributed by atoms with Crippen molar-refractivity contribution in [1.29, 1.82) is 0 Å². The Kier molecular flexibility index (Phi) is 4.91. The van der Waals surface area contributed by atoms with E-state index >= 15 is 0 Å². The summed E-state index contributed by atoms with van der Waals surface area (Å²) < 4.78 is 48.1. The second-order valence-electron chi connectivity index (χ2n) is 5.40. The third-order valence-electron chi connectivity index (χ3n) is 3.59. The minimum atomic E-state index is -4.81. The number of carbonyl (C=O) groups is 1. The normalized spacial score (nSPS) is 18.9. The summed E-state index contributed by atoms with van der Waals surface area (Å²) in [4.78, 5) is 11.5. The highest BCUT2D eigenvalue weighted by Crippen LogP contribution is 2.32. The third kappa shape index (κ3) is 4.30. The van der Waals surface area contributed by atoms with Crippen LogP contribution in [0.1, 0.15) is 32.1 Å². The van der Waals surface area contributed by atoms with E-state index in [9.17, 15) is 27.3 Å². The molecule has 2 rings (SSSR count). The molecule has 1 aromatic rings. The van der Waals surface area contributed by atoms with Gasteiger partial charge in [0.25, 0.3) is 0 Å². The first-order valence-electron chi connectivity index (χ1n) is 6.81. The number of aliphatic hydroxyl groups is 1. The van der Waals surface area contributed by atoms with Crippen LogP contribution in [0.25, 0.3) is 0 Å². The number of amides is 1. The zero-order chi connectivity index (χ0) is 16.4. The second-order valence-corrected chi connectivity index (χ2v) is 6.87. The van der Waals surface area contributed by atoms with Crippen molar-refractivity contribution in [3.05, 3.63) is 24.3 Å². The van der Waals surface area contributed by atoms with Gasteiger partial charge < -0.3 is 10.4 Å². The van der Waals surface area contributed by atoms with Crippen molar-refractivity contribution < 1.29 is 27.3 Å². The Labute approximate surface area is 128 Å². The third-order valence-corrected chi connectivity index (χ3v) is 4.71. The molecule has 0 spiro atoms. The number of nitrogens with one attached hydrogen (secondary N) is 1. The molecule has 4 nitrogen and oxygen atoms in total. The molecule has 1 atom stereocenters. The molecule has 0 saturated heterocycles. The molecule has 2 N–H and O–H groups in total. The molecule has 1 fully saturated rings. The van der Waals surface area contributed by atoms with Crippen LogP contribution in [-0.4, -0.2) is 26.3 Å². The van der Waals surface area contributed by atoms with Gasteiger partial charge in [-0.1, -0.05) is 12.8 Å². The summed E-state index contributed by atoms with van der Waals surface area (Å²) in [6, 6.07) is 4.64. The highest BCUT2D eigenvalue weighted by atomic mass is 32.2. The van der Waals surface area contributed by atoms with Crippen LogP contribution >= 0.6 is 0 Å². The molecule has 1 saturated carbocycles. The number of alkyl halides is 3. The van der Waals surface area contributed by atoms with Crippen molar-refractivity contribution in [2.75, 3.05) is 5.32 Å². The van der Waals surface area contributed by atoms with E-state index in [-0.39, 0.29) is 11.3 Å². The van der Waals surface area contributed by atoms with Gasteiger partial charge >= 0.3 is 5.51 Å². The molecule has 1 unspecified atom stereocenters. The van der Waals surface area contributed by atoms with E-state index in [4.69, 9.17) is 0 Å². The van der Waals surface area contributed by atoms with Crippen molar-refractivity contribution in [1.82, 2.24) is 0 Å². The first-order valence-corrected chi connectivity index (χ1v) is 7.96. The monoisotopic (exact) mass is 335 g/mol. The predicted octanol–water partition coefficient (Wildman–Crippen LogP) is 2.95. The number of rotatable bonds is 4. The molecular formula is C14H16F3NO3S. The fraction of sp³-hybridized carbons (Fsp3) is 0.500. The van der Waals surface area contributed by atoms with Gasteiger partial charge in [0.2, 0.25) is 5.91 Å². The summed E-state index contributed by atoms with van der Waals surface area (Å²) in [6.07, 6.45) is 2.86. The van der Waals surface area contributed by atoms with Gasteiger partial charge in [-0.2, -0.15) is 13.2 Å². The van der Waals surface area contributed by atoms with E-state index < -0.39 is 27.8 Å². The van der Waals surface area contributed by atoms with Gasteiger partial charge in [0, 0.05) is 10.6 Å². The highest BCUT2D eigenvalue weighted by Gasteiger charge is 2.38. The average Bonchev–Trinajstić information content (AvgIpc) is 2.84. The molecule has 1 aromatic carbocycles. The Morgan fingerprint density at radius 1 is 1.23 bits per heavy atom. The predicted molar refractivity (Wildman–Crippen MR) is 75.6 cm³/mol. The van der Waals surface area contributed by atoms with E-state index in [0.717, 1.165) is 25.0 Å². The van der Waals surface area contributed by atoms with Crippen LogP contribution in [0.15, 0.2) is 29.2 Å². The smallest absolute Gasteiger partial charge is 0.389 e. The van der Waals surface area contributed by atoms with Crippen LogP contribution in [0.5, 0.6) is 0 Å². The van der Waals surface area contributed by atoms with E-state index in [1.54, 1.807) is 0 Å². The van der Waals surface area contributed by atoms with E-state index in [1.807, 2.05) is 0 Å². The SMILES string of the molecule is O=C(CC1(O)CCCC1)Nc1ccc(S(=O)C(F)(F)F)cc1. The molecule has 1 aliphatic rings. The summed E-state index contributed by atoms with van der Waals surface area (Å²) in [6.45, 7) is 0. The first kappa shape index (κ1) is 17.0. The van der Waals surface area contributed by atoms with Gasteiger partial charge in [0.15, 0.2) is 10.8 Å². The molecule has 1 aliphatic carbocycles. The minimum absolute atomic E-state index is 0.0385. The summed E-state index contributed by atoms with van der Waals surface area (Å²) in [5, 5.41) is 12.6. The Balaban J connectivity index is 1.96. The van der Waals surface area contributed by atoms with Gasteiger partial charge in [-0.25, -0.2) is 4.21 Å². The molecule has 0 aliphatic heterocycles.